The van der Waals surface area contributed by atoms with Crippen LogP contribution in [0.5, 0.6) is 17.2 Å². The number of hydrogen-bond acceptors (Lipinski definition) is 4. The van der Waals surface area contributed by atoms with Gasteiger partial charge < -0.3 is 19.5 Å². The van der Waals surface area contributed by atoms with E-state index in [0.29, 0.717) is 28.5 Å². The molecule has 5 nitrogen and oxygen atoms in total. The summed E-state index contributed by atoms with van der Waals surface area (Å²) in [7, 11) is 2.94. The van der Waals surface area contributed by atoms with Gasteiger partial charge in [0.15, 0.2) is 11.5 Å². The number of benzene rings is 3. The highest BCUT2D eigenvalue weighted by atomic mass is 35.5. The van der Waals surface area contributed by atoms with E-state index < -0.39 is 0 Å². The molecule has 0 saturated carbocycles. The molecule has 1 amide bonds. The molecule has 0 aliphatic heterocycles. The van der Waals surface area contributed by atoms with E-state index in [1.807, 2.05) is 0 Å². The SMILES string of the molecule is COc1cc(C(=O)Nc2cccc(OCc3ccc(F)cc3)c2)cc(Cl)c1OC. The van der Waals surface area contributed by atoms with E-state index in [-0.39, 0.29) is 23.4 Å². The topological polar surface area (TPSA) is 56.8 Å². The smallest absolute Gasteiger partial charge is 0.255 e. The molecule has 0 atom stereocenters. The van der Waals surface area contributed by atoms with Gasteiger partial charge in [-0.2, -0.15) is 0 Å². The summed E-state index contributed by atoms with van der Waals surface area (Å²) in [5, 5.41) is 3.07. The predicted molar refractivity (Wildman–Crippen MR) is 110 cm³/mol. The summed E-state index contributed by atoms with van der Waals surface area (Å²) in [6.45, 7) is 0.281. The molecule has 0 radical (unpaired) electrons. The Kier molecular flexibility index (Phi) is 6.57. The third-order valence-corrected chi connectivity index (χ3v) is 4.39. The van der Waals surface area contributed by atoms with Gasteiger partial charge in [-0.3, -0.25) is 4.79 Å². The molecule has 3 aromatic carbocycles. The Labute approximate surface area is 173 Å². The van der Waals surface area contributed by atoms with Crippen molar-refractivity contribution in [3.8, 4) is 17.2 Å². The van der Waals surface area contributed by atoms with Gasteiger partial charge in [-0.1, -0.05) is 29.8 Å². The van der Waals surface area contributed by atoms with Crippen molar-refractivity contribution >= 4 is 23.2 Å². The quantitative estimate of drug-likeness (QED) is 0.566. The lowest BCUT2D eigenvalue weighted by atomic mass is 10.1. The zero-order valence-corrected chi connectivity index (χ0v) is 16.6. The number of halogens is 2. The maximum atomic E-state index is 13.0. The number of carbonyl (C=O) groups is 1. The first-order chi connectivity index (χ1) is 14.0. The minimum Gasteiger partial charge on any atom is -0.493 e. The number of amides is 1. The monoisotopic (exact) mass is 415 g/mol. The average molecular weight is 416 g/mol. The summed E-state index contributed by atoms with van der Waals surface area (Å²) in [6, 6.07) is 16.1. The summed E-state index contributed by atoms with van der Waals surface area (Å²) < 4.78 is 29.1. The third-order valence-electron chi connectivity index (χ3n) is 4.11. The van der Waals surface area contributed by atoms with E-state index in [2.05, 4.69) is 5.32 Å². The molecule has 29 heavy (non-hydrogen) atoms. The van der Waals surface area contributed by atoms with Crippen LogP contribution in [0.25, 0.3) is 0 Å². The first-order valence-electron chi connectivity index (χ1n) is 8.70. The van der Waals surface area contributed by atoms with Crippen LogP contribution in [0.4, 0.5) is 10.1 Å². The highest BCUT2D eigenvalue weighted by molar-refractivity contribution is 6.32. The van der Waals surface area contributed by atoms with E-state index >= 15 is 0 Å². The summed E-state index contributed by atoms with van der Waals surface area (Å²) in [5.74, 6) is 0.637. The van der Waals surface area contributed by atoms with Crippen LogP contribution in [0.2, 0.25) is 5.02 Å². The van der Waals surface area contributed by atoms with Gasteiger partial charge in [0.1, 0.15) is 18.2 Å². The van der Waals surface area contributed by atoms with Gasteiger partial charge in [0.25, 0.3) is 5.91 Å². The van der Waals surface area contributed by atoms with E-state index in [1.54, 1.807) is 42.5 Å². The van der Waals surface area contributed by atoms with Crippen LogP contribution < -0.4 is 19.5 Å². The molecule has 0 spiro atoms. The highest BCUT2D eigenvalue weighted by Gasteiger charge is 2.15. The van der Waals surface area contributed by atoms with E-state index in [4.69, 9.17) is 25.8 Å². The normalized spacial score (nSPS) is 10.3. The zero-order valence-electron chi connectivity index (χ0n) is 15.9. The molecule has 3 aromatic rings. The van der Waals surface area contributed by atoms with Gasteiger partial charge in [-0.05, 0) is 42.0 Å². The maximum absolute atomic E-state index is 13.0. The first kappa shape index (κ1) is 20.5. The van der Waals surface area contributed by atoms with Gasteiger partial charge >= 0.3 is 0 Å². The molecule has 0 unspecified atom stereocenters. The molecule has 0 saturated heterocycles. The summed E-state index contributed by atoms with van der Waals surface area (Å²) >= 11 is 6.17. The fourth-order valence-corrected chi connectivity index (χ4v) is 2.95. The zero-order chi connectivity index (χ0) is 20.8. The van der Waals surface area contributed by atoms with Crippen molar-refractivity contribution in [2.75, 3.05) is 19.5 Å². The molecule has 1 N–H and O–H groups in total. The fraction of sp³-hybridized carbons (Fsp3) is 0.136. The Morgan fingerprint density at radius 3 is 2.48 bits per heavy atom. The van der Waals surface area contributed by atoms with Crippen LogP contribution >= 0.6 is 11.6 Å². The minimum absolute atomic E-state index is 0.272. The molecule has 7 heteroatoms. The fourth-order valence-electron chi connectivity index (χ4n) is 2.66. The van der Waals surface area contributed by atoms with Crippen molar-refractivity contribution in [1.82, 2.24) is 0 Å². The van der Waals surface area contributed by atoms with Crippen molar-refractivity contribution in [2.45, 2.75) is 6.61 Å². The minimum atomic E-state index is -0.358. The van der Waals surface area contributed by atoms with Crippen molar-refractivity contribution < 1.29 is 23.4 Å². The predicted octanol–water partition coefficient (Wildman–Crippen LogP) is 5.33. The second-order valence-electron chi connectivity index (χ2n) is 6.09. The molecule has 150 valence electrons. The van der Waals surface area contributed by atoms with Crippen LogP contribution in [-0.4, -0.2) is 20.1 Å². The molecule has 0 aromatic heterocycles. The maximum Gasteiger partial charge on any atom is 0.255 e. The molecular formula is C22H19ClFNO4. The number of nitrogens with one attached hydrogen (secondary N) is 1. The van der Waals surface area contributed by atoms with Crippen molar-refractivity contribution in [2.24, 2.45) is 0 Å². The summed E-state index contributed by atoms with van der Waals surface area (Å²) in [5.41, 5.74) is 1.71. The van der Waals surface area contributed by atoms with Crippen LogP contribution in [0.1, 0.15) is 15.9 Å². The number of rotatable bonds is 7. The number of ether oxygens (including phenoxy) is 3. The number of carbonyl (C=O) groups excluding carboxylic acids is 1. The first-order valence-corrected chi connectivity index (χ1v) is 9.08. The number of methoxy groups -OCH3 is 2. The van der Waals surface area contributed by atoms with Crippen molar-refractivity contribution in [3.05, 3.63) is 82.6 Å². The van der Waals surface area contributed by atoms with Gasteiger partial charge in [0.05, 0.1) is 19.2 Å². The Morgan fingerprint density at radius 1 is 1.03 bits per heavy atom. The summed E-state index contributed by atoms with van der Waals surface area (Å²) in [4.78, 5) is 12.6. The lowest BCUT2D eigenvalue weighted by molar-refractivity contribution is 0.102. The van der Waals surface area contributed by atoms with Crippen LogP contribution in [-0.2, 0) is 6.61 Å². The Morgan fingerprint density at radius 2 is 1.79 bits per heavy atom. The lowest BCUT2D eigenvalue weighted by Crippen LogP contribution is -2.12. The van der Waals surface area contributed by atoms with E-state index in [1.165, 1.54) is 32.4 Å². The average Bonchev–Trinajstić information content (AvgIpc) is 2.73. The molecule has 3 rings (SSSR count). The van der Waals surface area contributed by atoms with Gasteiger partial charge in [0, 0.05) is 17.3 Å². The Bertz CT molecular complexity index is 1010. The Hall–Kier alpha value is -3.25. The Balaban J connectivity index is 1.70. The standard InChI is InChI=1S/C22H19ClFNO4/c1-27-20-11-15(10-19(23)21(20)28-2)22(26)25-17-4-3-5-18(12-17)29-13-14-6-8-16(24)9-7-14/h3-12H,13H2,1-2H3,(H,25,26). The largest absolute Gasteiger partial charge is 0.493 e. The molecular weight excluding hydrogens is 397 g/mol. The molecule has 0 bridgehead atoms. The molecule has 0 aliphatic rings. The number of hydrogen-bond donors (Lipinski definition) is 1. The summed E-state index contributed by atoms with van der Waals surface area (Å²) in [6.07, 6.45) is 0. The van der Waals surface area contributed by atoms with Crippen molar-refractivity contribution in [3.63, 3.8) is 0 Å². The van der Waals surface area contributed by atoms with Crippen LogP contribution in [0.3, 0.4) is 0 Å². The van der Waals surface area contributed by atoms with Gasteiger partial charge in [-0.15, -0.1) is 0 Å². The highest BCUT2D eigenvalue weighted by Crippen LogP contribution is 2.36. The molecule has 0 aliphatic carbocycles. The second-order valence-corrected chi connectivity index (χ2v) is 6.50. The van der Waals surface area contributed by atoms with E-state index in [9.17, 15) is 9.18 Å². The van der Waals surface area contributed by atoms with Gasteiger partial charge in [0.2, 0.25) is 0 Å². The van der Waals surface area contributed by atoms with E-state index in [0.717, 1.165) is 5.56 Å². The third kappa shape index (κ3) is 5.18. The van der Waals surface area contributed by atoms with Crippen molar-refractivity contribution in [1.29, 1.82) is 0 Å². The lowest BCUT2D eigenvalue weighted by Gasteiger charge is -2.12. The number of anilines is 1. The molecule has 0 heterocycles. The van der Waals surface area contributed by atoms with Crippen LogP contribution in [0.15, 0.2) is 60.7 Å². The molecule has 0 fully saturated rings. The second kappa shape index (κ2) is 9.30. The van der Waals surface area contributed by atoms with Gasteiger partial charge in [-0.25, -0.2) is 4.39 Å². The van der Waals surface area contributed by atoms with Crippen LogP contribution in [0, 0.1) is 5.82 Å².